The van der Waals surface area contributed by atoms with Crippen LogP contribution < -0.4 is 0 Å². The van der Waals surface area contributed by atoms with Gasteiger partial charge in [0.05, 0.1) is 12.1 Å². The SMILES string of the molecule is COC(C1C=CC(C2=CCN(C(=O)CO)CC2)=CC1)C(CF)N(C)/N=N\C(C)C. The van der Waals surface area contributed by atoms with E-state index in [9.17, 15) is 9.18 Å². The van der Waals surface area contributed by atoms with E-state index in [-0.39, 0.29) is 24.0 Å². The topological polar surface area (TPSA) is 77.7 Å². The predicted octanol–water partition coefficient (Wildman–Crippen LogP) is 2.70. The maximum atomic E-state index is 13.8. The smallest absolute Gasteiger partial charge is 0.248 e. The molecule has 7 nitrogen and oxygen atoms in total. The van der Waals surface area contributed by atoms with Gasteiger partial charge in [-0.2, -0.15) is 5.11 Å². The Labute approximate surface area is 172 Å². The van der Waals surface area contributed by atoms with Crippen LogP contribution in [0.25, 0.3) is 0 Å². The Morgan fingerprint density at radius 1 is 1.45 bits per heavy atom. The number of carbonyl (C=O) groups excluding carboxylic acids is 1. The third kappa shape index (κ3) is 6.21. The highest BCUT2D eigenvalue weighted by Crippen LogP contribution is 2.30. The minimum atomic E-state index is -0.576. The number of alkyl halides is 1. The minimum Gasteiger partial charge on any atom is -0.387 e. The average Bonchev–Trinajstić information content (AvgIpc) is 2.75. The summed E-state index contributed by atoms with van der Waals surface area (Å²) in [5.41, 5.74) is 2.33. The van der Waals surface area contributed by atoms with E-state index in [4.69, 9.17) is 9.84 Å². The van der Waals surface area contributed by atoms with E-state index in [1.54, 1.807) is 24.1 Å². The van der Waals surface area contributed by atoms with Crippen LogP contribution in [0.15, 0.2) is 45.8 Å². The highest BCUT2D eigenvalue weighted by molar-refractivity contribution is 5.77. The van der Waals surface area contributed by atoms with Crippen molar-refractivity contribution in [1.29, 1.82) is 0 Å². The number of nitrogens with zero attached hydrogens (tertiary/aromatic N) is 4. The highest BCUT2D eigenvalue weighted by atomic mass is 19.1. The number of ether oxygens (including phenoxy) is 1. The van der Waals surface area contributed by atoms with Gasteiger partial charge in [-0.1, -0.05) is 29.5 Å². The number of likely N-dealkylation sites (N-methyl/N-ethyl adjacent to an activating group) is 1. The molecule has 0 aromatic rings. The standard InChI is InChI=1S/C21H33FN4O3/c1-15(2)23-24-25(3)19(13-22)21(29-4)18-7-5-16(6-8-18)17-9-11-26(12-10-17)20(28)14-27/h5-7,9,15,18-19,21,27H,8,10-14H2,1-4H3/b24-23-. The molecule has 1 aliphatic heterocycles. The molecule has 1 aliphatic carbocycles. The second kappa shape index (κ2) is 11.2. The molecule has 1 N–H and O–H groups in total. The molecule has 162 valence electrons. The Balaban J connectivity index is 2.02. The summed E-state index contributed by atoms with van der Waals surface area (Å²) in [5.74, 6) is -0.203. The van der Waals surface area contributed by atoms with Gasteiger partial charge in [0.2, 0.25) is 5.91 Å². The van der Waals surface area contributed by atoms with Crippen LogP contribution in [0.5, 0.6) is 0 Å². The molecule has 29 heavy (non-hydrogen) atoms. The van der Waals surface area contributed by atoms with Gasteiger partial charge in [0.25, 0.3) is 0 Å². The molecule has 0 bridgehead atoms. The predicted molar refractivity (Wildman–Crippen MR) is 110 cm³/mol. The number of hydrogen-bond acceptors (Lipinski definition) is 5. The molecule has 0 aromatic heterocycles. The lowest BCUT2D eigenvalue weighted by atomic mass is 9.85. The number of aliphatic hydroxyl groups excluding tert-OH is 1. The summed E-state index contributed by atoms with van der Waals surface area (Å²) in [5, 5.41) is 18.8. The van der Waals surface area contributed by atoms with Crippen LogP contribution in [0.1, 0.15) is 26.7 Å². The Morgan fingerprint density at radius 2 is 2.21 bits per heavy atom. The van der Waals surface area contributed by atoms with Gasteiger partial charge in [-0.25, -0.2) is 4.39 Å². The molecule has 3 unspecified atom stereocenters. The first kappa shape index (κ1) is 23.2. The van der Waals surface area contributed by atoms with Crippen LogP contribution in [-0.2, 0) is 9.53 Å². The van der Waals surface area contributed by atoms with Crippen molar-refractivity contribution in [2.75, 3.05) is 40.5 Å². The van der Waals surface area contributed by atoms with Gasteiger partial charge in [-0.05, 0) is 37.8 Å². The molecule has 0 saturated carbocycles. The van der Waals surface area contributed by atoms with Crippen LogP contribution in [0.4, 0.5) is 4.39 Å². The van der Waals surface area contributed by atoms with Crippen LogP contribution in [0.2, 0.25) is 0 Å². The second-order valence-electron chi connectivity index (χ2n) is 7.69. The zero-order valence-corrected chi connectivity index (χ0v) is 17.8. The maximum absolute atomic E-state index is 13.8. The highest BCUT2D eigenvalue weighted by Gasteiger charge is 2.32. The van der Waals surface area contributed by atoms with Gasteiger partial charge >= 0.3 is 0 Å². The summed E-state index contributed by atoms with van der Waals surface area (Å²) >= 11 is 0. The molecule has 1 amide bonds. The molecule has 3 atom stereocenters. The van der Waals surface area contributed by atoms with Gasteiger partial charge in [-0.15, -0.1) is 0 Å². The molecule has 0 radical (unpaired) electrons. The van der Waals surface area contributed by atoms with Crippen LogP contribution in [0, 0.1) is 5.92 Å². The van der Waals surface area contributed by atoms with Crippen molar-refractivity contribution in [2.45, 2.75) is 44.9 Å². The summed E-state index contributed by atoms with van der Waals surface area (Å²) in [6.45, 7) is 3.94. The van der Waals surface area contributed by atoms with E-state index >= 15 is 0 Å². The largest absolute Gasteiger partial charge is 0.387 e. The van der Waals surface area contributed by atoms with Crippen molar-refractivity contribution in [2.24, 2.45) is 16.3 Å². The molecule has 8 heteroatoms. The van der Waals surface area contributed by atoms with E-state index in [1.165, 1.54) is 5.57 Å². The Kier molecular flexibility index (Phi) is 8.98. The van der Waals surface area contributed by atoms with Crippen LogP contribution >= 0.6 is 0 Å². The van der Waals surface area contributed by atoms with Gasteiger partial charge in [0.15, 0.2) is 0 Å². The van der Waals surface area contributed by atoms with Crippen molar-refractivity contribution < 1.29 is 19.0 Å². The first-order chi connectivity index (χ1) is 13.9. The summed E-state index contributed by atoms with van der Waals surface area (Å²) in [7, 11) is 3.33. The quantitative estimate of drug-likeness (QED) is 0.470. The Bertz CT molecular complexity index is 675. The molecule has 1 heterocycles. The number of allylic oxidation sites excluding steroid dienone is 3. The fraction of sp³-hybridized carbons (Fsp3) is 0.667. The van der Waals surface area contributed by atoms with E-state index in [0.29, 0.717) is 13.1 Å². The van der Waals surface area contributed by atoms with Gasteiger partial charge in [0.1, 0.15) is 19.3 Å². The number of methoxy groups -OCH3 is 1. The van der Waals surface area contributed by atoms with E-state index in [0.717, 1.165) is 18.4 Å². The lowest BCUT2D eigenvalue weighted by Crippen LogP contribution is -2.45. The lowest BCUT2D eigenvalue weighted by Gasteiger charge is -2.34. The number of hydrogen-bond donors (Lipinski definition) is 1. The second-order valence-corrected chi connectivity index (χ2v) is 7.69. The van der Waals surface area contributed by atoms with Crippen molar-refractivity contribution in [3.63, 3.8) is 0 Å². The monoisotopic (exact) mass is 408 g/mol. The maximum Gasteiger partial charge on any atom is 0.248 e. The fourth-order valence-corrected chi connectivity index (χ4v) is 3.65. The molecule has 0 spiro atoms. The van der Waals surface area contributed by atoms with Crippen molar-refractivity contribution in [1.82, 2.24) is 9.91 Å². The first-order valence-electron chi connectivity index (χ1n) is 10.1. The summed E-state index contributed by atoms with van der Waals surface area (Å²) < 4.78 is 19.5. The average molecular weight is 409 g/mol. The van der Waals surface area contributed by atoms with Crippen LogP contribution in [0.3, 0.4) is 0 Å². The Hall–Kier alpha value is -2.06. The van der Waals surface area contributed by atoms with Crippen molar-refractivity contribution >= 4 is 5.91 Å². The number of rotatable bonds is 9. The summed E-state index contributed by atoms with van der Waals surface area (Å²) in [4.78, 5) is 13.2. The molecule has 0 saturated heterocycles. The number of aliphatic hydroxyl groups is 1. The molecule has 2 aliphatic rings. The number of amides is 1. The molecule has 0 fully saturated rings. The van der Waals surface area contributed by atoms with Gasteiger partial charge < -0.3 is 14.7 Å². The van der Waals surface area contributed by atoms with Crippen LogP contribution in [-0.4, -0.2) is 79.6 Å². The molecule has 2 rings (SSSR count). The van der Waals surface area contributed by atoms with E-state index in [2.05, 4.69) is 28.6 Å². The minimum absolute atomic E-state index is 0.0397. The van der Waals surface area contributed by atoms with E-state index < -0.39 is 19.3 Å². The van der Waals surface area contributed by atoms with Crippen molar-refractivity contribution in [3.05, 3.63) is 35.5 Å². The van der Waals surface area contributed by atoms with Gasteiger partial charge in [-0.3, -0.25) is 9.80 Å². The first-order valence-corrected chi connectivity index (χ1v) is 10.1. The Morgan fingerprint density at radius 3 is 2.69 bits per heavy atom. The fourth-order valence-electron chi connectivity index (χ4n) is 3.65. The van der Waals surface area contributed by atoms with Crippen molar-refractivity contribution in [3.8, 4) is 0 Å². The molecular weight excluding hydrogens is 375 g/mol. The number of carbonyl (C=O) groups is 1. The third-order valence-corrected chi connectivity index (χ3v) is 5.34. The molecular formula is C21H33FN4O3. The molecule has 0 aromatic carbocycles. The zero-order chi connectivity index (χ0) is 21.4. The normalized spacial score (nSPS) is 21.9. The lowest BCUT2D eigenvalue weighted by molar-refractivity contribution is -0.133. The van der Waals surface area contributed by atoms with Gasteiger partial charge in [0, 0.05) is 33.2 Å². The number of halogens is 1. The zero-order valence-electron chi connectivity index (χ0n) is 17.8. The van der Waals surface area contributed by atoms with E-state index in [1.807, 2.05) is 19.9 Å². The summed E-state index contributed by atoms with van der Waals surface area (Å²) in [6, 6.07) is -0.467. The summed E-state index contributed by atoms with van der Waals surface area (Å²) in [6.07, 6.45) is 9.47. The third-order valence-electron chi connectivity index (χ3n) is 5.34.